The van der Waals surface area contributed by atoms with Gasteiger partial charge in [0.25, 0.3) is 0 Å². The summed E-state index contributed by atoms with van der Waals surface area (Å²) < 4.78 is 42.4. The zero-order chi connectivity index (χ0) is 14.0. The lowest BCUT2D eigenvalue weighted by molar-refractivity contribution is -0.141. The molecule has 6 heteroatoms. The number of ether oxygens (including phenoxy) is 1. The van der Waals surface area contributed by atoms with Crippen LogP contribution in [0.4, 0.5) is 18.9 Å². The van der Waals surface area contributed by atoms with E-state index in [4.69, 9.17) is 10.5 Å². The van der Waals surface area contributed by atoms with Crippen LogP contribution in [0.5, 0.6) is 5.75 Å². The van der Waals surface area contributed by atoms with Gasteiger partial charge < -0.3 is 10.5 Å². The van der Waals surface area contributed by atoms with E-state index >= 15 is 0 Å². The molecule has 0 radical (unpaired) electrons. The molecule has 0 fully saturated rings. The van der Waals surface area contributed by atoms with Crippen molar-refractivity contribution in [3.05, 3.63) is 42.2 Å². The molecule has 0 aliphatic rings. The normalized spacial score (nSPS) is 11.4. The number of nitrogens with zero attached hydrogens (tertiary/aromatic N) is 1. The number of hydrogen-bond acceptors (Lipinski definition) is 3. The van der Waals surface area contributed by atoms with E-state index in [0.29, 0.717) is 16.9 Å². The lowest BCUT2D eigenvalue weighted by atomic mass is 10.1. The van der Waals surface area contributed by atoms with Crippen molar-refractivity contribution in [3.8, 4) is 16.9 Å². The van der Waals surface area contributed by atoms with Gasteiger partial charge in [0.1, 0.15) is 11.4 Å². The van der Waals surface area contributed by atoms with E-state index in [9.17, 15) is 13.2 Å². The quantitative estimate of drug-likeness (QED) is 0.908. The summed E-state index contributed by atoms with van der Waals surface area (Å²) in [6.07, 6.45) is -3.37. The van der Waals surface area contributed by atoms with Crippen molar-refractivity contribution in [3.63, 3.8) is 0 Å². The summed E-state index contributed by atoms with van der Waals surface area (Å²) in [5, 5.41) is 0. The monoisotopic (exact) mass is 268 g/mol. The van der Waals surface area contributed by atoms with Crippen LogP contribution in [0.15, 0.2) is 36.5 Å². The highest BCUT2D eigenvalue weighted by Crippen LogP contribution is 2.33. The van der Waals surface area contributed by atoms with Crippen molar-refractivity contribution in [2.75, 3.05) is 12.8 Å². The van der Waals surface area contributed by atoms with E-state index < -0.39 is 11.9 Å². The van der Waals surface area contributed by atoms with Crippen molar-refractivity contribution in [2.24, 2.45) is 0 Å². The van der Waals surface area contributed by atoms with Crippen LogP contribution in [0.2, 0.25) is 0 Å². The molecule has 1 aromatic carbocycles. The first-order valence-electron chi connectivity index (χ1n) is 5.39. The van der Waals surface area contributed by atoms with Crippen LogP contribution in [0.1, 0.15) is 5.69 Å². The van der Waals surface area contributed by atoms with Crippen molar-refractivity contribution in [1.82, 2.24) is 4.98 Å². The summed E-state index contributed by atoms with van der Waals surface area (Å²) in [7, 11) is 1.53. The van der Waals surface area contributed by atoms with E-state index in [0.717, 1.165) is 12.3 Å². The Morgan fingerprint density at radius 1 is 1.16 bits per heavy atom. The summed E-state index contributed by atoms with van der Waals surface area (Å²) in [6.45, 7) is 0. The zero-order valence-electron chi connectivity index (χ0n) is 10.0. The summed E-state index contributed by atoms with van der Waals surface area (Å²) in [5.41, 5.74) is 5.82. The van der Waals surface area contributed by atoms with Crippen LogP contribution >= 0.6 is 0 Å². The topological polar surface area (TPSA) is 48.1 Å². The SMILES string of the molecule is COc1ccc(-c2cnc(C(F)(F)F)cc2N)cc1. The molecule has 0 unspecified atom stereocenters. The summed E-state index contributed by atoms with van der Waals surface area (Å²) >= 11 is 0. The van der Waals surface area contributed by atoms with Gasteiger partial charge in [-0.15, -0.1) is 0 Å². The minimum Gasteiger partial charge on any atom is -0.497 e. The van der Waals surface area contributed by atoms with Crippen molar-refractivity contribution in [1.29, 1.82) is 0 Å². The van der Waals surface area contributed by atoms with Crippen LogP contribution < -0.4 is 10.5 Å². The van der Waals surface area contributed by atoms with Crippen LogP contribution in [-0.4, -0.2) is 12.1 Å². The Hall–Kier alpha value is -2.24. The number of benzene rings is 1. The Morgan fingerprint density at radius 2 is 1.79 bits per heavy atom. The highest BCUT2D eigenvalue weighted by molar-refractivity contribution is 5.76. The maximum Gasteiger partial charge on any atom is 0.433 e. The number of anilines is 1. The standard InChI is InChI=1S/C13H11F3N2O/c1-19-9-4-2-8(3-5-9)10-7-18-12(6-11(10)17)13(14,15)16/h2-7H,1H3,(H2,17,18). The minimum absolute atomic E-state index is 0.0347. The first kappa shape index (κ1) is 13.2. The molecular formula is C13H11F3N2O. The van der Waals surface area contributed by atoms with Crippen molar-refractivity contribution < 1.29 is 17.9 Å². The van der Waals surface area contributed by atoms with Gasteiger partial charge in [-0.1, -0.05) is 12.1 Å². The van der Waals surface area contributed by atoms with Crippen molar-refractivity contribution >= 4 is 5.69 Å². The van der Waals surface area contributed by atoms with E-state index in [1.165, 1.54) is 7.11 Å². The fourth-order valence-corrected chi connectivity index (χ4v) is 1.64. The van der Waals surface area contributed by atoms with Gasteiger partial charge in [0.05, 0.1) is 7.11 Å². The van der Waals surface area contributed by atoms with Gasteiger partial charge in [0.15, 0.2) is 0 Å². The third-order valence-electron chi connectivity index (χ3n) is 2.63. The second kappa shape index (κ2) is 4.79. The molecule has 1 aromatic heterocycles. The fourth-order valence-electron chi connectivity index (χ4n) is 1.64. The van der Waals surface area contributed by atoms with Crippen LogP contribution in [0.25, 0.3) is 11.1 Å². The number of hydrogen-bond donors (Lipinski definition) is 1. The largest absolute Gasteiger partial charge is 0.497 e. The van der Waals surface area contributed by atoms with Gasteiger partial charge in [0.2, 0.25) is 0 Å². The second-order valence-electron chi connectivity index (χ2n) is 3.88. The molecule has 2 rings (SSSR count). The number of alkyl halides is 3. The summed E-state index contributed by atoms with van der Waals surface area (Å²) in [5.74, 6) is 0.655. The van der Waals surface area contributed by atoms with Gasteiger partial charge in [-0.25, -0.2) is 0 Å². The maximum absolute atomic E-state index is 12.5. The zero-order valence-corrected chi connectivity index (χ0v) is 10.0. The third-order valence-corrected chi connectivity index (χ3v) is 2.63. The molecule has 3 nitrogen and oxygen atoms in total. The predicted octanol–water partition coefficient (Wildman–Crippen LogP) is 3.36. The average Bonchev–Trinajstić information content (AvgIpc) is 2.38. The Labute approximate surface area is 107 Å². The third kappa shape index (κ3) is 2.78. The number of methoxy groups -OCH3 is 1. The molecule has 0 atom stereocenters. The minimum atomic E-state index is -4.49. The Balaban J connectivity index is 2.40. The molecule has 0 spiro atoms. The lowest BCUT2D eigenvalue weighted by Crippen LogP contribution is -2.09. The van der Waals surface area contributed by atoms with Crippen molar-refractivity contribution in [2.45, 2.75) is 6.18 Å². The molecule has 19 heavy (non-hydrogen) atoms. The highest BCUT2D eigenvalue weighted by Gasteiger charge is 2.32. The first-order chi connectivity index (χ1) is 8.91. The van der Waals surface area contributed by atoms with Gasteiger partial charge in [-0.05, 0) is 23.8 Å². The molecule has 0 aliphatic heterocycles. The maximum atomic E-state index is 12.5. The number of halogens is 3. The fraction of sp³-hybridized carbons (Fsp3) is 0.154. The van der Waals surface area contributed by atoms with Gasteiger partial charge in [-0.2, -0.15) is 13.2 Å². The predicted molar refractivity (Wildman–Crippen MR) is 65.6 cm³/mol. The second-order valence-corrected chi connectivity index (χ2v) is 3.88. The van der Waals surface area contributed by atoms with E-state index in [1.54, 1.807) is 24.3 Å². The number of aromatic nitrogens is 1. The van der Waals surface area contributed by atoms with Crippen LogP contribution in [-0.2, 0) is 6.18 Å². The molecule has 1 heterocycles. The molecule has 2 N–H and O–H groups in total. The smallest absolute Gasteiger partial charge is 0.433 e. The van der Waals surface area contributed by atoms with E-state index in [2.05, 4.69) is 4.98 Å². The average molecular weight is 268 g/mol. The molecule has 2 aromatic rings. The Bertz CT molecular complexity index is 579. The lowest BCUT2D eigenvalue weighted by Gasteiger charge is -2.10. The number of nitrogens with two attached hydrogens (primary N) is 1. The molecule has 0 aliphatic carbocycles. The Morgan fingerprint density at radius 3 is 2.26 bits per heavy atom. The Kier molecular flexibility index (Phi) is 3.33. The first-order valence-corrected chi connectivity index (χ1v) is 5.39. The summed E-state index contributed by atoms with van der Waals surface area (Å²) in [6, 6.07) is 7.65. The molecular weight excluding hydrogens is 257 g/mol. The molecule has 0 saturated carbocycles. The van der Waals surface area contributed by atoms with Crippen LogP contribution in [0.3, 0.4) is 0 Å². The molecule has 100 valence electrons. The molecule has 0 amide bonds. The van der Waals surface area contributed by atoms with Gasteiger partial charge in [-0.3, -0.25) is 4.98 Å². The molecule has 0 saturated heterocycles. The van der Waals surface area contributed by atoms with Crippen LogP contribution in [0, 0.1) is 0 Å². The highest BCUT2D eigenvalue weighted by atomic mass is 19.4. The van der Waals surface area contributed by atoms with E-state index in [1.807, 2.05) is 0 Å². The number of rotatable bonds is 2. The van der Waals surface area contributed by atoms with Gasteiger partial charge >= 0.3 is 6.18 Å². The summed E-state index contributed by atoms with van der Waals surface area (Å²) in [4.78, 5) is 3.39. The number of pyridine rings is 1. The van der Waals surface area contributed by atoms with Gasteiger partial charge in [0, 0.05) is 17.4 Å². The van der Waals surface area contributed by atoms with E-state index in [-0.39, 0.29) is 5.69 Å². The number of nitrogen functional groups attached to an aromatic ring is 1. The molecule has 0 bridgehead atoms.